The summed E-state index contributed by atoms with van der Waals surface area (Å²) in [5.41, 5.74) is 0. The highest BCUT2D eigenvalue weighted by Gasteiger charge is 2.85. The van der Waals surface area contributed by atoms with E-state index in [4.69, 9.17) is 5.11 Å². The molecule has 0 radical (unpaired) electrons. The van der Waals surface area contributed by atoms with E-state index in [0.717, 1.165) is 5.23 Å². The van der Waals surface area contributed by atoms with Crippen molar-refractivity contribution in [1.82, 2.24) is 5.23 Å². The Morgan fingerprint density at radius 3 is 2.00 bits per heavy atom. The second-order valence-corrected chi connectivity index (χ2v) is 1.66. The first-order valence-electron chi connectivity index (χ1n) is 2.13. The van der Waals surface area contributed by atoms with E-state index in [1.54, 1.807) is 0 Å². The van der Waals surface area contributed by atoms with Gasteiger partial charge in [-0.15, -0.1) is 0 Å². The Hall–Kier alpha value is -0.980. The lowest BCUT2D eigenvalue weighted by molar-refractivity contribution is -0.181. The summed E-state index contributed by atoms with van der Waals surface area (Å²) < 4.78 is 0. The van der Waals surface area contributed by atoms with E-state index in [-0.39, 0.29) is 0 Å². The van der Waals surface area contributed by atoms with Gasteiger partial charge in [-0.05, 0) is 0 Å². The third-order valence-corrected chi connectivity index (χ3v) is 1.07. The summed E-state index contributed by atoms with van der Waals surface area (Å²) in [6, 6.07) is 0. The fraction of sp³-hybridized carbons (Fsp3) is 0.333. The lowest BCUT2D eigenvalue weighted by Crippen LogP contribution is -2.24. The molecule has 9 heavy (non-hydrogen) atoms. The summed E-state index contributed by atoms with van der Waals surface area (Å²) in [6.07, 6.45) is 0. The molecule has 2 fully saturated rings. The molecule has 0 saturated carbocycles. The highest BCUT2D eigenvalue weighted by atomic mass is 17.3. The van der Waals surface area contributed by atoms with Crippen molar-refractivity contribution in [2.45, 2.75) is 5.91 Å². The maximum atomic E-state index is 10.4. The van der Waals surface area contributed by atoms with E-state index < -0.39 is 17.7 Å². The molecule has 6 nitrogen and oxygen atoms in total. The van der Waals surface area contributed by atoms with Crippen LogP contribution in [0.1, 0.15) is 0 Å². The molecule has 0 amide bonds. The van der Waals surface area contributed by atoms with E-state index in [1.807, 2.05) is 0 Å². The Labute approximate surface area is 48.5 Å². The second-order valence-electron chi connectivity index (χ2n) is 1.66. The number of carbonyl (C=O) groups is 2. The number of hydrogen-bond acceptors (Lipinski definition) is 5. The van der Waals surface area contributed by atoms with Gasteiger partial charge in [0.2, 0.25) is 0 Å². The van der Waals surface area contributed by atoms with Gasteiger partial charge in [-0.3, -0.25) is 4.79 Å². The molecule has 2 aliphatic heterocycles. The van der Waals surface area contributed by atoms with Gasteiger partial charge in [0.05, 0.1) is 0 Å². The zero-order valence-corrected chi connectivity index (χ0v) is 4.03. The Bertz CT molecular complexity index is 204. The molecule has 0 aromatic heterocycles. The number of nitrogens with zero attached hydrogens (tertiary/aromatic N) is 1. The van der Waals surface area contributed by atoms with Gasteiger partial charge in [-0.1, -0.05) is 0 Å². The van der Waals surface area contributed by atoms with Crippen molar-refractivity contribution in [1.29, 1.82) is 0 Å². The molecule has 0 aromatic carbocycles. The predicted octanol–water partition coefficient (Wildman–Crippen LogP) is -1.51. The average Bonchev–Trinajstić information content (AvgIpc) is 2.45. The molecule has 2 aliphatic rings. The number of hydroxylamine groups is 2. The lowest BCUT2D eigenvalue weighted by atomic mass is 10.4. The summed E-state index contributed by atoms with van der Waals surface area (Å²) in [6.45, 7) is 0. The topological polar surface area (TPSA) is 82.4 Å². The Morgan fingerprint density at radius 2 is 1.89 bits per heavy atom. The van der Waals surface area contributed by atoms with E-state index in [0.29, 0.717) is 0 Å². The summed E-state index contributed by atoms with van der Waals surface area (Å²) in [4.78, 5) is 28.8. The number of carboxylic acids is 1. The van der Waals surface area contributed by atoms with Crippen LogP contribution in [0.3, 0.4) is 0 Å². The standard InChI is InChI=1S/C3HNO5/c5-1(2(6)7)3-4(8-3)9-3/h(H,6,7). The van der Waals surface area contributed by atoms with Crippen LogP contribution in [0.25, 0.3) is 0 Å². The Kier molecular flexibility index (Phi) is 0.535. The number of fused-ring (bicyclic) bond motifs is 1. The van der Waals surface area contributed by atoms with E-state index in [2.05, 4.69) is 9.68 Å². The molecular weight excluding hydrogens is 130 g/mol. The van der Waals surface area contributed by atoms with Gasteiger partial charge in [0.25, 0.3) is 0 Å². The Balaban J connectivity index is 2.15. The molecule has 2 heterocycles. The maximum absolute atomic E-state index is 10.4. The zero-order valence-electron chi connectivity index (χ0n) is 4.03. The van der Waals surface area contributed by atoms with Crippen LogP contribution in [0.2, 0.25) is 0 Å². The minimum atomic E-state index is -1.55. The van der Waals surface area contributed by atoms with Gasteiger partial charge in [-0.25, -0.2) is 14.5 Å². The quantitative estimate of drug-likeness (QED) is 0.362. The fourth-order valence-electron chi connectivity index (χ4n) is 0.492. The van der Waals surface area contributed by atoms with Crippen LogP contribution in [-0.4, -0.2) is 28.0 Å². The van der Waals surface area contributed by atoms with Crippen molar-refractivity contribution >= 4 is 11.8 Å². The summed E-state index contributed by atoms with van der Waals surface area (Å²) >= 11 is 0. The smallest absolute Gasteiger partial charge is 0.386 e. The van der Waals surface area contributed by atoms with Gasteiger partial charge in [0.15, 0.2) is 0 Å². The minimum Gasteiger partial charge on any atom is -0.475 e. The molecule has 0 atom stereocenters. The molecule has 0 unspecified atom stereocenters. The summed E-state index contributed by atoms with van der Waals surface area (Å²) in [5, 5.41) is 8.87. The SMILES string of the molecule is O=C(O)C(=O)C12ON1O2. The zero-order chi connectivity index (χ0) is 6.65. The van der Waals surface area contributed by atoms with Gasteiger partial charge >= 0.3 is 17.7 Å². The van der Waals surface area contributed by atoms with Gasteiger partial charge < -0.3 is 5.11 Å². The number of rotatable bonds is 2. The number of ketones is 1. The monoisotopic (exact) mass is 131 g/mol. The number of hydrogen-bond donors (Lipinski definition) is 1. The number of carboxylic acid groups (broad SMARTS) is 1. The van der Waals surface area contributed by atoms with Crippen molar-refractivity contribution in [3.63, 3.8) is 0 Å². The average molecular weight is 131 g/mol. The van der Waals surface area contributed by atoms with Crippen LogP contribution in [0.5, 0.6) is 0 Å². The van der Waals surface area contributed by atoms with Crippen molar-refractivity contribution < 1.29 is 24.4 Å². The highest BCUT2D eigenvalue weighted by molar-refractivity contribution is 6.36. The van der Waals surface area contributed by atoms with Crippen LogP contribution < -0.4 is 0 Å². The number of Topliss-reactive ketones (excluding diaryl/α,β-unsaturated/α-hetero) is 1. The minimum absolute atomic E-state index is 0.823. The van der Waals surface area contributed by atoms with Crippen LogP contribution in [-0.2, 0) is 19.3 Å². The molecule has 48 valence electrons. The summed E-state index contributed by atoms with van der Waals surface area (Å²) in [7, 11) is 0. The highest BCUT2D eigenvalue weighted by Crippen LogP contribution is 2.53. The van der Waals surface area contributed by atoms with Crippen LogP contribution in [0, 0.1) is 0 Å². The normalized spacial score (nSPS) is 43.3. The van der Waals surface area contributed by atoms with Crippen molar-refractivity contribution in [2.24, 2.45) is 0 Å². The molecule has 0 spiro atoms. The molecule has 1 N–H and O–H groups in total. The predicted molar refractivity (Wildman–Crippen MR) is 19.4 cm³/mol. The Morgan fingerprint density at radius 1 is 1.44 bits per heavy atom. The van der Waals surface area contributed by atoms with Crippen LogP contribution in [0.15, 0.2) is 0 Å². The van der Waals surface area contributed by atoms with Gasteiger partial charge in [0.1, 0.15) is 0 Å². The number of aliphatic carboxylic acids is 1. The summed E-state index contributed by atoms with van der Waals surface area (Å²) in [5.74, 6) is -4.14. The lowest BCUT2D eigenvalue weighted by Gasteiger charge is -1.86. The van der Waals surface area contributed by atoms with Crippen molar-refractivity contribution in [2.75, 3.05) is 0 Å². The first-order chi connectivity index (χ1) is 4.17. The number of carbonyl (C=O) groups excluding carboxylic acids is 1. The molecular formula is C3HNO5. The largest absolute Gasteiger partial charge is 0.475 e. The third kappa shape index (κ3) is 0.400. The van der Waals surface area contributed by atoms with E-state index in [9.17, 15) is 9.59 Å². The molecule has 6 heteroatoms. The maximum Gasteiger partial charge on any atom is 0.386 e. The third-order valence-electron chi connectivity index (χ3n) is 1.07. The molecule has 2 rings (SSSR count). The molecule has 2 saturated heterocycles. The van der Waals surface area contributed by atoms with Gasteiger partial charge in [0, 0.05) is 5.23 Å². The fourth-order valence-corrected chi connectivity index (χ4v) is 0.492. The van der Waals surface area contributed by atoms with E-state index >= 15 is 0 Å². The van der Waals surface area contributed by atoms with Crippen LogP contribution in [0.4, 0.5) is 0 Å². The first kappa shape index (κ1) is 4.86. The van der Waals surface area contributed by atoms with Crippen molar-refractivity contribution in [3.8, 4) is 0 Å². The molecule has 0 aromatic rings. The van der Waals surface area contributed by atoms with Crippen LogP contribution >= 0.6 is 0 Å². The van der Waals surface area contributed by atoms with Gasteiger partial charge in [-0.2, -0.15) is 0 Å². The van der Waals surface area contributed by atoms with Crippen molar-refractivity contribution in [3.05, 3.63) is 0 Å². The molecule has 0 bridgehead atoms. The first-order valence-corrected chi connectivity index (χ1v) is 2.13. The molecule has 0 aliphatic carbocycles. The van der Waals surface area contributed by atoms with E-state index in [1.165, 1.54) is 0 Å². The second kappa shape index (κ2) is 0.991.